The maximum absolute atomic E-state index is 13.5. The van der Waals surface area contributed by atoms with E-state index in [2.05, 4.69) is 5.32 Å². The number of nitrogens with zero attached hydrogens (tertiary/aromatic N) is 1. The topological polar surface area (TPSA) is 77.4 Å². The van der Waals surface area contributed by atoms with Gasteiger partial charge in [-0.05, 0) is 59.4 Å². The number of benzene rings is 2. The molecule has 170 valence electrons. The van der Waals surface area contributed by atoms with Crippen molar-refractivity contribution < 1.29 is 14.3 Å². The summed E-state index contributed by atoms with van der Waals surface area (Å²) < 4.78 is 6.52. The van der Waals surface area contributed by atoms with Crippen LogP contribution in [0, 0.1) is 5.41 Å². The normalized spacial score (nSPS) is 14.5. The molecule has 1 N–H and O–H groups in total. The summed E-state index contributed by atoms with van der Waals surface area (Å²) in [4.78, 5) is 39.8. The molecule has 1 aliphatic carbocycles. The molecule has 4 rings (SSSR count). The van der Waals surface area contributed by atoms with Crippen molar-refractivity contribution in [3.63, 3.8) is 0 Å². The van der Waals surface area contributed by atoms with Crippen molar-refractivity contribution in [2.45, 2.75) is 33.2 Å². The van der Waals surface area contributed by atoms with Crippen molar-refractivity contribution in [3.05, 3.63) is 92.4 Å². The fourth-order valence-corrected chi connectivity index (χ4v) is 4.31. The summed E-state index contributed by atoms with van der Waals surface area (Å²) in [6, 6.07) is 14.0. The first-order valence-corrected chi connectivity index (χ1v) is 11.0. The standard InChI is InChI=1S/C26H25ClN2O4/c1-26(2)12-20-21(22(30)13-26)15-29(18-8-6-17(27)7-9-18)25(32)23(20)24(31)28-14-16-4-10-19(33-3)11-5-16/h4-11,15H,12-14H2,1-3H3,(H,28,31). The highest BCUT2D eigenvalue weighted by Gasteiger charge is 2.35. The van der Waals surface area contributed by atoms with E-state index in [0.717, 1.165) is 5.56 Å². The molecule has 2 aromatic carbocycles. The van der Waals surface area contributed by atoms with E-state index >= 15 is 0 Å². The highest BCUT2D eigenvalue weighted by molar-refractivity contribution is 6.30. The van der Waals surface area contributed by atoms with Gasteiger partial charge in [0, 0.05) is 35.4 Å². The van der Waals surface area contributed by atoms with Gasteiger partial charge in [0.05, 0.1) is 7.11 Å². The second kappa shape index (κ2) is 8.87. The minimum Gasteiger partial charge on any atom is -0.497 e. The van der Waals surface area contributed by atoms with E-state index in [1.807, 2.05) is 26.0 Å². The zero-order chi connectivity index (χ0) is 23.8. The predicted molar refractivity (Wildman–Crippen MR) is 128 cm³/mol. The first-order chi connectivity index (χ1) is 15.7. The van der Waals surface area contributed by atoms with E-state index in [-0.39, 0.29) is 23.3 Å². The van der Waals surface area contributed by atoms with Gasteiger partial charge in [-0.25, -0.2) is 0 Å². The summed E-state index contributed by atoms with van der Waals surface area (Å²) in [6.07, 6.45) is 2.38. The molecular weight excluding hydrogens is 440 g/mol. The molecule has 0 aliphatic heterocycles. The van der Waals surface area contributed by atoms with E-state index in [4.69, 9.17) is 16.3 Å². The van der Waals surface area contributed by atoms with Crippen LogP contribution in [0.5, 0.6) is 5.75 Å². The van der Waals surface area contributed by atoms with Crippen LogP contribution in [0.15, 0.2) is 59.5 Å². The number of fused-ring (bicyclic) bond motifs is 1. The van der Waals surface area contributed by atoms with Gasteiger partial charge in [-0.2, -0.15) is 0 Å². The lowest BCUT2D eigenvalue weighted by atomic mass is 9.73. The molecule has 0 spiro atoms. The summed E-state index contributed by atoms with van der Waals surface area (Å²) >= 11 is 6.00. The fourth-order valence-electron chi connectivity index (χ4n) is 4.19. The van der Waals surface area contributed by atoms with Gasteiger partial charge in [-0.3, -0.25) is 19.0 Å². The highest BCUT2D eigenvalue weighted by Crippen LogP contribution is 2.35. The van der Waals surface area contributed by atoms with Crippen molar-refractivity contribution in [2.24, 2.45) is 5.41 Å². The molecule has 0 radical (unpaired) electrons. The van der Waals surface area contributed by atoms with E-state index in [0.29, 0.717) is 40.4 Å². The van der Waals surface area contributed by atoms with Gasteiger partial charge >= 0.3 is 0 Å². The number of carbonyl (C=O) groups is 2. The number of rotatable bonds is 5. The molecule has 0 atom stereocenters. The SMILES string of the molecule is COc1ccc(CNC(=O)c2c3c(cn(-c4ccc(Cl)cc4)c2=O)C(=O)CC(C)(C)C3)cc1. The summed E-state index contributed by atoms with van der Waals surface area (Å²) in [5, 5.41) is 3.38. The van der Waals surface area contributed by atoms with Gasteiger partial charge in [0.15, 0.2) is 5.78 Å². The lowest BCUT2D eigenvalue weighted by molar-refractivity contribution is 0.0909. The smallest absolute Gasteiger partial charge is 0.268 e. The van der Waals surface area contributed by atoms with Crippen LogP contribution in [0.4, 0.5) is 0 Å². The minimum atomic E-state index is -0.499. The number of carbonyl (C=O) groups excluding carboxylic acids is 2. The summed E-state index contributed by atoms with van der Waals surface area (Å²) in [5.41, 5.74) is 1.54. The Labute approximate surface area is 197 Å². The van der Waals surface area contributed by atoms with Gasteiger partial charge in [0.25, 0.3) is 11.5 Å². The van der Waals surface area contributed by atoms with Gasteiger partial charge in [0.2, 0.25) is 0 Å². The zero-order valence-electron chi connectivity index (χ0n) is 18.8. The summed E-state index contributed by atoms with van der Waals surface area (Å²) in [7, 11) is 1.59. The number of nitrogens with one attached hydrogen (secondary N) is 1. The number of hydrogen-bond acceptors (Lipinski definition) is 4. The van der Waals surface area contributed by atoms with Crippen LogP contribution in [0.2, 0.25) is 5.02 Å². The molecule has 0 saturated heterocycles. The average Bonchev–Trinajstić information content (AvgIpc) is 2.77. The van der Waals surface area contributed by atoms with Crippen LogP contribution in [0.3, 0.4) is 0 Å². The molecule has 0 fully saturated rings. The number of Topliss-reactive ketones (excluding diaryl/α,β-unsaturated/α-hetero) is 1. The average molecular weight is 465 g/mol. The quantitative estimate of drug-likeness (QED) is 0.599. The Hall–Kier alpha value is -3.38. The van der Waals surface area contributed by atoms with E-state index in [1.54, 1.807) is 49.7 Å². The Balaban J connectivity index is 1.77. The van der Waals surface area contributed by atoms with Gasteiger partial charge in [-0.15, -0.1) is 0 Å². The van der Waals surface area contributed by atoms with Crippen molar-refractivity contribution in [1.29, 1.82) is 0 Å². The third-order valence-corrected chi connectivity index (χ3v) is 6.11. The Bertz CT molecular complexity index is 1280. The predicted octanol–water partition coefficient (Wildman–Crippen LogP) is 4.58. The van der Waals surface area contributed by atoms with Crippen LogP contribution in [0.25, 0.3) is 5.69 Å². The van der Waals surface area contributed by atoms with Crippen molar-refractivity contribution in [2.75, 3.05) is 7.11 Å². The molecular formula is C26H25ClN2O4. The molecule has 0 saturated carbocycles. The third-order valence-electron chi connectivity index (χ3n) is 5.86. The molecule has 1 amide bonds. The maximum atomic E-state index is 13.5. The van der Waals surface area contributed by atoms with Crippen LogP contribution in [0.1, 0.15) is 52.1 Å². The Morgan fingerprint density at radius 3 is 2.36 bits per heavy atom. The van der Waals surface area contributed by atoms with E-state index in [1.165, 1.54) is 4.57 Å². The van der Waals surface area contributed by atoms with Gasteiger partial charge in [0.1, 0.15) is 11.3 Å². The van der Waals surface area contributed by atoms with Gasteiger partial charge in [-0.1, -0.05) is 37.6 Å². The molecule has 7 heteroatoms. The molecule has 6 nitrogen and oxygen atoms in total. The molecule has 3 aromatic rings. The Morgan fingerprint density at radius 2 is 1.73 bits per heavy atom. The molecule has 1 aromatic heterocycles. The number of aromatic nitrogens is 1. The number of pyridine rings is 1. The molecule has 33 heavy (non-hydrogen) atoms. The number of ketones is 1. The number of hydrogen-bond donors (Lipinski definition) is 1. The maximum Gasteiger partial charge on any atom is 0.268 e. The monoisotopic (exact) mass is 464 g/mol. The molecule has 0 bridgehead atoms. The zero-order valence-corrected chi connectivity index (χ0v) is 19.5. The fraction of sp³-hybridized carbons (Fsp3) is 0.269. The molecule has 1 heterocycles. The Morgan fingerprint density at radius 1 is 1.06 bits per heavy atom. The second-order valence-electron chi connectivity index (χ2n) is 9.02. The largest absolute Gasteiger partial charge is 0.497 e. The van der Waals surface area contributed by atoms with Crippen molar-refractivity contribution in [3.8, 4) is 11.4 Å². The number of ether oxygens (including phenoxy) is 1. The summed E-state index contributed by atoms with van der Waals surface area (Å²) in [5.74, 6) is 0.142. The lowest BCUT2D eigenvalue weighted by Crippen LogP contribution is -2.38. The number of methoxy groups -OCH3 is 1. The van der Waals surface area contributed by atoms with Crippen molar-refractivity contribution >= 4 is 23.3 Å². The minimum absolute atomic E-state index is 0.0112. The van der Waals surface area contributed by atoms with E-state index < -0.39 is 11.5 Å². The Kier molecular flexibility index (Phi) is 6.13. The highest BCUT2D eigenvalue weighted by atomic mass is 35.5. The first-order valence-electron chi connectivity index (χ1n) is 10.7. The van der Waals surface area contributed by atoms with Crippen LogP contribution in [-0.2, 0) is 13.0 Å². The van der Waals surface area contributed by atoms with Crippen LogP contribution < -0.4 is 15.6 Å². The first kappa shape index (κ1) is 22.8. The van der Waals surface area contributed by atoms with Gasteiger partial charge < -0.3 is 10.1 Å². The number of halogens is 1. The van der Waals surface area contributed by atoms with Crippen molar-refractivity contribution in [1.82, 2.24) is 9.88 Å². The second-order valence-corrected chi connectivity index (χ2v) is 9.46. The molecule has 0 unspecified atom stereocenters. The van der Waals surface area contributed by atoms with Crippen LogP contribution >= 0.6 is 11.6 Å². The number of amides is 1. The third kappa shape index (κ3) is 4.71. The molecule has 1 aliphatic rings. The lowest BCUT2D eigenvalue weighted by Gasteiger charge is -2.31. The summed E-state index contributed by atoms with van der Waals surface area (Å²) in [6.45, 7) is 4.18. The van der Waals surface area contributed by atoms with E-state index in [9.17, 15) is 14.4 Å². The van der Waals surface area contributed by atoms with Crippen LogP contribution in [-0.4, -0.2) is 23.4 Å².